The van der Waals surface area contributed by atoms with Crippen LogP contribution in [0.2, 0.25) is 0 Å². The van der Waals surface area contributed by atoms with Gasteiger partial charge in [0.2, 0.25) is 0 Å². The fourth-order valence-electron chi connectivity index (χ4n) is 10.7. The zero-order valence-electron chi connectivity index (χ0n) is 61.0. The fraction of sp³-hybridized carbons (Fsp3) is 0.225. The average Bonchev–Trinajstić information content (AvgIpc) is 0.805. The number of methoxy groups -OCH3 is 4. The first-order valence-electron chi connectivity index (χ1n) is 33.9. The molecule has 4 unspecified atom stereocenters. The molecule has 584 valence electrons. The molecular weight excluding hydrogens is 1470 g/mol. The van der Waals surface area contributed by atoms with Crippen LogP contribution in [0, 0.1) is 0 Å². The third kappa shape index (κ3) is 22.0. The molecule has 8 aromatic carbocycles. The molecule has 2 aliphatic heterocycles. The molecule has 0 radical (unpaired) electrons. The Kier molecular flexibility index (Phi) is 29.0. The molecule has 0 saturated carbocycles. The number of hydrogen-bond donors (Lipinski definition) is 2. The van der Waals surface area contributed by atoms with E-state index in [4.69, 9.17) is 75.2 Å². The molecule has 0 aliphatic carbocycles. The van der Waals surface area contributed by atoms with Gasteiger partial charge in [-0.15, -0.1) is 0 Å². The van der Waals surface area contributed by atoms with Crippen LogP contribution in [-0.2, 0) is 37.9 Å². The maximum Gasteiger partial charge on any atom is 0.513 e. The van der Waals surface area contributed by atoms with Gasteiger partial charge < -0.3 is 104 Å². The summed E-state index contributed by atoms with van der Waals surface area (Å²) >= 11 is 0. The lowest BCUT2D eigenvalue weighted by molar-refractivity contribution is 0.0875. The minimum atomic E-state index is -0.873. The molecule has 32 heteroatoms. The summed E-state index contributed by atoms with van der Waals surface area (Å²) in [6.45, 7) is 8.02. The highest BCUT2D eigenvalue weighted by Crippen LogP contribution is 2.44. The second kappa shape index (κ2) is 39.6. The molecule has 32 nitrogen and oxygen atoms in total. The van der Waals surface area contributed by atoms with Crippen LogP contribution in [0.3, 0.4) is 0 Å². The van der Waals surface area contributed by atoms with E-state index >= 15 is 0 Å². The lowest BCUT2D eigenvalue weighted by Gasteiger charge is -2.30. The predicted octanol–water partition coefficient (Wildman–Crippen LogP) is 15.4. The van der Waals surface area contributed by atoms with Crippen LogP contribution in [0.5, 0.6) is 57.5 Å². The number of carbonyl (C=O) groups excluding carboxylic acids is 8. The monoisotopic (exact) mass is 1540 g/mol. The topological polar surface area (TPSA) is 404 Å². The molecule has 4 atom stereocenters. The number of aliphatic hydroxyl groups excluding tert-OH is 2. The molecule has 10 aromatic rings. The minimum Gasteiger partial charge on any atom is -0.492 e. The highest BCUT2D eigenvalue weighted by molar-refractivity contribution is 5.85. The van der Waals surface area contributed by atoms with Crippen LogP contribution in [0.25, 0.3) is 44.2 Å². The van der Waals surface area contributed by atoms with E-state index in [1.165, 1.54) is 95.6 Å². The van der Waals surface area contributed by atoms with Crippen molar-refractivity contribution in [2.45, 2.75) is 51.7 Å². The van der Waals surface area contributed by atoms with Crippen molar-refractivity contribution in [1.82, 2.24) is 0 Å². The maximum atomic E-state index is 12.8. The van der Waals surface area contributed by atoms with E-state index in [2.05, 4.69) is 18.9 Å². The van der Waals surface area contributed by atoms with Gasteiger partial charge in [0.05, 0.1) is 102 Å². The van der Waals surface area contributed by atoms with Crippen molar-refractivity contribution >= 4 is 71.2 Å². The molecule has 2 aliphatic rings. The summed E-state index contributed by atoms with van der Waals surface area (Å²) in [6.07, 6.45) is -5.55. The lowest BCUT2D eigenvalue weighted by Crippen LogP contribution is -2.24. The van der Waals surface area contributed by atoms with Gasteiger partial charge in [0.25, 0.3) is 0 Å². The fourth-order valence-corrected chi connectivity index (χ4v) is 10.7. The third-order valence-corrected chi connectivity index (χ3v) is 16.0. The van der Waals surface area contributed by atoms with Gasteiger partial charge >= 0.3 is 49.2 Å². The van der Waals surface area contributed by atoms with Gasteiger partial charge in [-0.3, -0.25) is 9.59 Å². The maximum absolute atomic E-state index is 12.8. The van der Waals surface area contributed by atoms with Crippen LogP contribution in [0.15, 0.2) is 201 Å². The van der Waals surface area contributed by atoms with Crippen LogP contribution in [-0.4, -0.2) is 128 Å². The number of benzene rings is 8. The molecule has 0 amide bonds. The van der Waals surface area contributed by atoms with Crippen molar-refractivity contribution in [3.8, 4) is 79.7 Å². The third-order valence-electron chi connectivity index (χ3n) is 16.0. The molecule has 2 aromatic heterocycles. The van der Waals surface area contributed by atoms with Crippen LogP contribution < -0.4 is 58.2 Å². The second-order valence-electron chi connectivity index (χ2n) is 22.9. The number of ether oxygens (including phenoxy) is 18. The highest BCUT2D eigenvalue weighted by Gasteiger charge is 2.33. The van der Waals surface area contributed by atoms with Gasteiger partial charge in [0, 0.05) is 47.2 Å². The van der Waals surface area contributed by atoms with E-state index in [9.17, 15) is 58.2 Å². The second-order valence-corrected chi connectivity index (χ2v) is 22.9. The van der Waals surface area contributed by atoms with Gasteiger partial charge in [0.15, 0.2) is 10.9 Å². The number of hydrogen-bond acceptors (Lipinski definition) is 32. The smallest absolute Gasteiger partial charge is 0.492 e. The SMILES string of the molecule is CCOC(=O)Oc1ccc(-c2coc3cc(OC(=O)OCC)ccc3c2=O)cc1.CCOC(=O)Oc1ccc(C2COc3cc(OC(=O)OCC)ccc3C2O)cc1.COC(=O)Oc1ccc(-c2coc3cc(OC(=O)OC)ccc3c2=O)cc1.COC(=O)Oc1ccc(C2COc3cc(OC(=O)OC)ccc3C2O)cc1. The summed E-state index contributed by atoms with van der Waals surface area (Å²) in [5.41, 5.74) is 4.65. The number of carbonyl (C=O) groups is 8. The largest absolute Gasteiger partial charge is 0.513 e. The Morgan fingerprint density at radius 2 is 0.598 bits per heavy atom. The van der Waals surface area contributed by atoms with E-state index < -0.39 is 61.5 Å². The van der Waals surface area contributed by atoms with Gasteiger partial charge in [-0.25, -0.2) is 38.4 Å². The van der Waals surface area contributed by atoms with E-state index in [0.717, 1.165) is 11.1 Å². The van der Waals surface area contributed by atoms with Crippen molar-refractivity contribution < 1.29 is 143 Å². The average molecular weight is 1550 g/mol. The summed E-state index contributed by atoms with van der Waals surface area (Å²) < 4.78 is 99.0. The van der Waals surface area contributed by atoms with E-state index in [0.29, 0.717) is 67.2 Å². The van der Waals surface area contributed by atoms with Crippen molar-refractivity contribution in [2.75, 3.05) is 68.1 Å². The van der Waals surface area contributed by atoms with E-state index in [1.54, 1.807) is 143 Å². The first-order chi connectivity index (χ1) is 54.0. The highest BCUT2D eigenvalue weighted by atomic mass is 16.8. The lowest BCUT2D eigenvalue weighted by atomic mass is 9.87. The normalized spacial score (nSPS) is 14.0. The Morgan fingerprint density at radius 1 is 0.339 bits per heavy atom. The standard InChI is InChI=1S/C21H22O8.C21H18O8.C19H18O8.C19H14O8/c2*1-3-25-20(23)28-14-7-5-13(6-8-14)17-12-27-18-11-15(29-21(24)26-4-2)9-10-16(18)19(17)22;2*1-23-18(21)26-12-5-3-11(4-6-12)15-10-25-16-9-13(27-19(22)24-2)7-8-14(16)17(15)20/h5-11,17,19,22H,3-4,12H2,1-2H3;5-12H,3-4H2,1-2H3;3-9,15,17,20H,10H2,1-2H3;3-10H,1-2H3. The van der Waals surface area contributed by atoms with Gasteiger partial charge in [0.1, 0.15) is 81.2 Å². The quantitative estimate of drug-likeness (QED) is 0.0515. The van der Waals surface area contributed by atoms with E-state index in [1.807, 2.05) is 0 Å². The molecular formula is C80H72O32. The van der Waals surface area contributed by atoms with Crippen molar-refractivity contribution in [3.05, 3.63) is 225 Å². The molecule has 2 N–H and O–H groups in total. The molecule has 0 fully saturated rings. The number of aliphatic hydroxyl groups is 2. The van der Waals surface area contributed by atoms with Crippen LogP contribution in [0.4, 0.5) is 38.4 Å². The van der Waals surface area contributed by atoms with Crippen molar-refractivity contribution in [3.63, 3.8) is 0 Å². The Hall–Kier alpha value is -14.1. The van der Waals surface area contributed by atoms with Crippen molar-refractivity contribution in [1.29, 1.82) is 0 Å². The molecule has 0 bridgehead atoms. The summed E-state index contributed by atoms with van der Waals surface area (Å²) in [5.74, 6) is 2.43. The summed E-state index contributed by atoms with van der Waals surface area (Å²) in [4.78, 5) is 116. The van der Waals surface area contributed by atoms with Crippen LogP contribution >= 0.6 is 0 Å². The molecule has 0 spiro atoms. The van der Waals surface area contributed by atoms with Crippen LogP contribution in [0.1, 0.15) is 74.0 Å². The zero-order chi connectivity index (χ0) is 80.4. The Bertz CT molecular complexity index is 5090. The summed E-state index contributed by atoms with van der Waals surface area (Å²) in [5, 5.41) is 22.2. The first-order valence-corrected chi connectivity index (χ1v) is 33.9. The molecule has 4 heterocycles. The first kappa shape index (κ1) is 81.9. The minimum absolute atomic E-state index is 0.189. The summed E-state index contributed by atoms with van der Waals surface area (Å²) in [6, 6.07) is 44.4. The van der Waals surface area contributed by atoms with Gasteiger partial charge in [-0.05, 0) is 147 Å². The Balaban J connectivity index is 0.000000172. The Labute approximate surface area is 636 Å². The summed E-state index contributed by atoms with van der Waals surface area (Å²) in [7, 11) is 4.84. The molecule has 0 saturated heterocycles. The molecule has 12 rings (SSSR count). The van der Waals surface area contributed by atoms with Gasteiger partial charge in [-0.1, -0.05) is 48.5 Å². The van der Waals surface area contributed by atoms with E-state index in [-0.39, 0.29) is 108 Å². The van der Waals surface area contributed by atoms with Gasteiger partial charge in [-0.2, -0.15) is 0 Å². The molecule has 112 heavy (non-hydrogen) atoms. The number of rotatable bonds is 16. The number of fused-ring (bicyclic) bond motifs is 4. The predicted molar refractivity (Wildman–Crippen MR) is 391 cm³/mol. The van der Waals surface area contributed by atoms with Crippen molar-refractivity contribution in [2.24, 2.45) is 0 Å². The zero-order valence-corrected chi connectivity index (χ0v) is 61.0. The Morgan fingerprint density at radius 3 is 0.902 bits per heavy atom.